The number of fused-ring (bicyclic) bond motifs is 2. The fraction of sp³-hybridized carbons (Fsp3) is 0.333. The van der Waals surface area contributed by atoms with Crippen LogP contribution in [-0.2, 0) is 24.3 Å². The van der Waals surface area contributed by atoms with Gasteiger partial charge in [-0.1, -0.05) is 11.2 Å². The molecule has 0 atom stereocenters. The Bertz CT molecular complexity index is 1170. The molecule has 0 aliphatic carbocycles. The summed E-state index contributed by atoms with van der Waals surface area (Å²) in [5.41, 5.74) is 2.13. The van der Waals surface area contributed by atoms with Gasteiger partial charge in [-0.05, 0) is 24.6 Å². The second kappa shape index (κ2) is 8.60. The summed E-state index contributed by atoms with van der Waals surface area (Å²) in [5.74, 6) is 1.59. The molecule has 166 valence electrons. The number of ether oxygens (including phenoxy) is 2. The van der Waals surface area contributed by atoms with E-state index in [1.807, 2.05) is 18.2 Å². The Hall–Kier alpha value is -3.44. The molecule has 2 aromatic heterocycles. The topological polar surface area (TPSA) is 119 Å². The minimum absolute atomic E-state index is 0.0504. The molecule has 2 N–H and O–H groups in total. The smallest absolute Gasteiger partial charge is 0.279 e. The number of aryl methyl sites for hydroxylation is 1. The van der Waals surface area contributed by atoms with Crippen molar-refractivity contribution in [2.75, 3.05) is 25.2 Å². The normalized spacial score (nSPS) is 14.8. The molecule has 0 bridgehead atoms. The Morgan fingerprint density at radius 3 is 2.94 bits per heavy atom. The van der Waals surface area contributed by atoms with E-state index < -0.39 is 0 Å². The largest absolute Gasteiger partial charge is 0.454 e. The average molecular weight is 455 g/mol. The highest BCUT2D eigenvalue weighted by Crippen LogP contribution is 2.32. The van der Waals surface area contributed by atoms with E-state index in [-0.39, 0.29) is 24.3 Å². The van der Waals surface area contributed by atoms with Gasteiger partial charge in [0.05, 0.1) is 12.2 Å². The van der Waals surface area contributed by atoms with E-state index in [1.165, 1.54) is 11.3 Å². The molecule has 0 saturated carbocycles. The molecular formula is C21H21N5O5S. The van der Waals surface area contributed by atoms with Gasteiger partial charge in [-0.25, -0.2) is 4.98 Å². The molecule has 2 amide bonds. The van der Waals surface area contributed by atoms with Crippen molar-refractivity contribution in [1.82, 2.24) is 20.4 Å². The molecule has 1 aromatic carbocycles. The quantitative estimate of drug-likeness (QED) is 0.580. The number of carbonyl (C=O) groups is 2. The lowest BCUT2D eigenvalue weighted by Crippen LogP contribution is -2.39. The van der Waals surface area contributed by atoms with Crippen molar-refractivity contribution in [3.63, 3.8) is 0 Å². The van der Waals surface area contributed by atoms with E-state index in [9.17, 15) is 9.59 Å². The maximum atomic E-state index is 12.4. The lowest BCUT2D eigenvalue weighted by atomic mass is 10.2. The number of rotatable bonds is 6. The van der Waals surface area contributed by atoms with Crippen LogP contribution in [0.3, 0.4) is 0 Å². The Morgan fingerprint density at radius 1 is 1.22 bits per heavy atom. The Labute approximate surface area is 187 Å². The van der Waals surface area contributed by atoms with Crippen LogP contribution in [0.25, 0.3) is 0 Å². The summed E-state index contributed by atoms with van der Waals surface area (Å²) >= 11 is 1.42. The number of nitrogens with one attached hydrogen (secondary N) is 2. The maximum absolute atomic E-state index is 12.4. The summed E-state index contributed by atoms with van der Waals surface area (Å²) in [6.07, 6.45) is 0.722. The lowest BCUT2D eigenvalue weighted by molar-refractivity contribution is -0.122. The third-order valence-electron chi connectivity index (χ3n) is 5.19. The Morgan fingerprint density at radius 2 is 2.09 bits per heavy atom. The monoisotopic (exact) mass is 455 g/mol. The number of aromatic nitrogens is 2. The lowest BCUT2D eigenvalue weighted by Gasteiger charge is -2.25. The van der Waals surface area contributed by atoms with Crippen molar-refractivity contribution < 1.29 is 23.6 Å². The Balaban J connectivity index is 1.13. The number of amides is 2. The number of benzene rings is 1. The zero-order chi connectivity index (χ0) is 22.1. The zero-order valence-corrected chi connectivity index (χ0v) is 18.2. The first-order valence-electron chi connectivity index (χ1n) is 10.1. The van der Waals surface area contributed by atoms with Crippen LogP contribution < -0.4 is 20.1 Å². The molecule has 0 fully saturated rings. The van der Waals surface area contributed by atoms with Crippen molar-refractivity contribution in [3.8, 4) is 11.5 Å². The molecule has 2 aliphatic heterocycles. The highest BCUT2D eigenvalue weighted by Gasteiger charge is 2.23. The molecule has 0 unspecified atom stereocenters. The van der Waals surface area contributed by atoms with Crippen molar-refractivity contribution in [1.29, 1.82) is 0 Å². The molecule has 3 aromatic rings. The molecule has 4 heterocycles. The molecule has 5 rings (SSSR count). The molecule has 11 heteroatoms. The van der Waals surface area contributed by atoms with Crippen LogP contribution in [0.2, 0.25) is 0 Å². The third kappa shape index (κ3) is 4.43. The second-order valence-electron chi connectivity index (χ2n) is 7.59. The van der Waals surface area contributed by atoms with Gasteiger partial charge >= 0.3 is 0 Å². The van der Waals surface area contributed by atoms with E-state index in [1.54, 1.807) is 13.0 Å². The molecular weight excluding hydrogens is 434 g/mol. The number of carbonyl (C=O) groups excluding carboxylic acids is 2. The molecule has 10 nitrogen and oxygen atoms in total. The first-order chi connectivity index (χ1) is 15.5. The average Bonchev–Trinajstić information content (AvgIpc) is 3.50. The standard InChI is InChI=1S/C21H21N5O5S/c1-12-6-15(25-31-12)20(28)24-21-23-14-4-5-26(9-18(14)32-21)10-19(27)22-8-13-2-3-16-17(7-13)30-11-29-16/h2-3,6-7H,4-5,8-11H2,1H3,(H,22,27)(H,23,24,28). The van der Waals surface area contributed by atoms with Gasteiger partial charge in [0.2, 0.25) is 12.7 Å². The van der Waals surface area contributed by atoms with Crippen molar-refractivity contribution in [2.24, 2.45) is 0 Å². The minimum atomic E-state index is -0.354. The summed E-state index contributed by atoms with van der Waals surface area (Å²) in [6, 6.07) is 7.21. The maximum Gasteiger partial charge on any atom is 0.279 e. The molecule has 0 spiro atoms. The Kier molecular flexibility index (Phi) is 5.50. The van der Waals surface area contributed by atoms with Crippen LogP contribution in [0.5, 0.6) is 11.5 Å². The van der Waals surface area contributed by atoms with Gasteiger partial charge in [0.15, 0.2) is 22.3 Å². The minimum Gasteiger partial charge on any atom is -0.454 e. The fourth-order valence-corrected chi connectivity index (χ4v) is 4.63. The van der Waals surface area contributed by atoms with Gasteiger partial charge in [-0.15, -0.1) is 11.3 Å². The predicted molar refractivity (Wildman–Crippen MR) is 115 cm³/mol. The van der Waals surface area contributed by atoms with Crippen LogP contribution in [0.15, 0.2) is 28.8 Å². The number of hydrogen-bond acceptors (Lipinski definition) is 9. The predicted octanol–water partition coefficient (Wildman–Crippen LogP) is 2.10. The second-order valence-corrected chi connectivity index (χ2v) is 8.67. The van der Waals surface area contributed by atoms with Crippen molar-refractivity contribution in [2.45, 2.75) is 26.4 Å². The van der Waals surface area contributed by atoms with Gasteiger partial charge < -0.3 is 19.3 Å². The van der Waals surface area contributed by atoms with E-state index in [0.29, 0.717) is 36.3 Å². The number of hydrogen-bond donors (Lipinski definition) is 2. The van der Waals surface area contributed by atoms with E-state index in [4.69, 9.17) is 14.0 Å². The first kappa shape index (κ1) is 20.5. The summed E-state index contributed by atoms with van der Waals surface area (Å²) in [6.45, 7) is 4.01. The number of nitrogens with zero attached hydrogens (tertiary/aromatic N) is 3. The van der Waals surface area contributed by atoms with Gasteiger partial charge in [-0.3, -0.25) is 19.8 Å². The van der Waals surface area contributed by atoms with Gasteiger partial charge in [-0.2, -0.15) is 0 Å². The van der Waals surface area contributed by atoms with Gasteiger partial charge in [0.1, 0.15) is 5.76 Å². The van der Waals surface area contributed by atoms with E-state index in [0.717, 1.165) is 34.8 Å². The van der Waals surface area contributed by atoms with E-state index in [2.05, 4.69) is 25.7 Å². The van der Waals surface area contributed by atoms with Crippen molar-refractivity contribution >= 4 is 28.3 Å². The molecule has 0 radical (unpaired) electrons. The van der Waals surface area contributed by atoms with Crippen molar-refractivity contribution in [3.05, 3.63) is 51.9 Å². The molecule has 32 heavy (non-hydrogen) atoms. The van der Waals surface area contributed by atoms with Crippen LogP contribution in [0, 0.1) is 6.92 Å². The number of thiazole rings is 1. The zero-order valence-electron chi connectivity index (χ0n) is 17.3. The third-order valence-corrected chi connectivity index (χ3v) is 6.18. The van der Waals surface area contributed by atoms with Gasteiger partial charge in [0.25, 0.3) is 5.91 Å². The van der Waals surface area contributed by atoms with Crippen LogP contribution in [0.1, 0.15) is 32.4 Å². The van der Waals surface area contributed by atoms with Crippen LogP contribution >= 0.6 is 11.3 Å². The highest BCUT2D eigenvalue weighted by molar-refractivity contribution is 7.15. The number of anilines is 1. The van der Waals surface area contributed by atoms with E-state index >= 15 is 0 Å². The SMILES string of the molecule is Cc1cc(C(=O)Nc2nc3c(s2)CN(CC(=O)NCc2ccc4c(c2)OCO4)CC3)no1. The fourth-order valence-electron chi connectivity index (χ4n) is 3.58. The van der Waals surface area contributed by atoms with Crippen LogP contribution in [-0.4, -0.2) is 46.7 Å². The summed E-state index contributed by atoms with van der Waals surface area (Å²) in [5, 5.41) is 9.96. The highest BCUT2D eigenvalue weighted by atomic mass is 32.1. The van der Waals surface area contributed by atoms with Gasteiger partial charge in [0, 0.05) is 37.0 Å². The molecule has 2 aliphatic rings. The summed E-state index contributed by atoms with van der Waals surface area (Å²) in [7, 11) is 0. The summed E-state index contributed by atoms with van der Waals surface area (Å²) in [4.78, 5) is 32.3. The molecule has 0 saturated heterocycles. The van der Waals surface area contributed by atoms with Crippen LogP contribution in [0.4, 0.5) is 5.13 Å². The summed E-state index contributed by atoms with van der Waals surface area (Å²) < 4.78 is 15.6. The first-order valence-corrected chi connectivity index (χ1v) is 11.0.